The van der Waals surface area contributed by atoms with Crippen molar-refractivity contribution in [1.82, 2.24) is 5.32 Å². The Labute approximate surface area is 121 Å². The van der Waals surface area contributed by atoms with E-state index in [0.717, 1.165) is 9.13 Å². The van der Waals surface area contributed by atoms with Gasteiger partial charge < -0.3 is 11.1 Å². The molecule has 2 rings (SSSR count). The van der Waals surface area contributed by atoms with E-state index in [2.05, 4.69) is 27.9 Å². The molecule has 0 spiro atoms. The molecule has 1 saturated carbocycles. The number of hydrogen-bond acceptors (Lipinski definition) is 2. The molecule has 5 heteroatoms. The van der Waals surface area contributed by atoms with Gasteiger partial charge >= 0.3 is 0 Å². The van der Waals surface area contributed by atoms with Crippen molar-refractivity contribution in [2.75, 3.05) is 6.54 Å². The lowest BCUT2D eigenvalue weighted by molar-refractivity contribution is 0.0932. The third kappa shape index (κ3) is 3.82. The van der Waals surface area contributed by atoms with Gasteiger partial charge in [-0.25, -0.2) is 0 Å². The van der Waals surface area contributed by atoms with E-state index in [1.165, 1.54) is 12.8 Å². The largest absolute Gasteiger partial charge is 0.348 e. The molecule has 1 aliphatic rings. The molecule has 0 saturated heterocycles. The molecule has 1 aromatic rings. The third-order valence-corrected chi connectivity index (χ3v) is 3.82. The van der Waals surface area contributed by atoms with E-state index < -0.39 is 0 Å². The fourth-order valence-corrected chi connectivity index (χ4v) is 2.39. The van der Waals surface area contributed by atoms with Gasteiger partial charge in [-0.15, -0.1) is 12.4 Å². The zero-order chi connectivity index (χ0) is 11.5. The Kier molecular flexibility index (Phi) is 5.69. The zero-order valence-corrected chi connectivity index (χ0v) is 12.3. The summed E-state index contributed by atoms with van der Waals surface area (Å²) in [5.74, 6) is 0.586. The Morgan fingerprint density at radius 1 is 1.47 bits per heavy atom. The second kappa shape index (κ2) is 6.56. The van der Waals surface area contributed by atoms with E-state index in [1.54, 1.807) is 0 Å². The lowest BCUT2D eigenvalue weighted by Crippen LogP contribution is -2.41. The normalized spacial score (nSPS) is 15.9. The van der Waals surface area contributed by atoms with Gasteiger partial charge in [0, 0.05) is 16.2 Å². The van der Waals surface area contributed by atoms with E-state index in [1.807, 2.05) is 24.3 Å². The topological polar surface area (TPSA) is 55.1 Å². The average Bonchev–Trinajstić information content (AvgIpc) is 3.10. The molecule has 1 atom stereocenters. The summed E-state index contributed by atoms with van der Waals surface area (Å²) in [5, 5.41) is 3.02. The van der Waals surface area contributed by atoms with Crippen molar-refractivity contribution in [3.05, 3.63) is 33.4 Å². The van der Waals surface area contributed by atoms with Crippen molar-refractivity contribution in [1.29, 1.82) is 0 Å². The summed E-state index contributed by atoms with van der Waals surface area (Å²) in [6.45, 7) is 0.528. The Bertz CT molecular complexity index is 396. The fraction of sp³-hybridized carbons (Fsp3) is 0.417. The molecule has 0 aliphatic heterocycles. The SMILES string of the molecule is Cl.NCC(NC(=O)c1ccccc1I)C1CC1. The summed E-state index contributed by atoms with van der Waals surface area (Å²) in [6, 6.07) is 7.73. The van der Waals surface area contributed by atoms with Gasteiger partial charge in [-0.1, -0.05) is 12.1 Å². The van der Waals surface area contributed by atoms with E-state index in [9.17, 15) is 4.79 Å². The molecule has 94 valence electrons. The molecular formula is C12H16ClIN2O. The maximum absolute atomic E-state index is 12.0. The lowest BCUT2D eigenvalue weighted by Gasteiger charge is -2.16. The van der Waals surface area contributed by atoms with Gasteiger partial charge in [0.2, 0.25) is 0 Å². The molecule has 1 aromatic carbocycles. The molecule has 0 heterocycles. The van der Waals surface area contributed by atoms with Crippen LogP contribution in [0, 0.1) is 9.49 Å². The maximum Gasteiger partial charge on any atom is 0.252 e. The van der Waals surface area contributed by atoms with Crippen molar-refractivity contribution in [2.45, 2.75) is 18.9 Å². The number of amides is 1. The fourth-order valence-electron chi connectivity index (χ4n) is 1.76. The summed E-state index contributed by atoms with van der Waals surface area (Å²) >= 11 is 2.18. The van der Waals surface area contributed by atoms with Crippen LogP contribution in [0.4, 0.5) is 0 Å². The van der Waals surface area contributed by atoms with Crippen LogP contribution in [0.3, 0.4) is 0 Å². The molecule has 0 radical (unpaired) electrons. The van der Waals surface area contributed by atoms with Crippen LogP contribution >= 0.6 is 35.0 Å². The van der Waals surface area contributed by atoms with Crippen molar-refractivity contribution in [2.24, 2.45) is 11.7 Å². The van der Waals surface area contributed by atoms with Crippen LogP contribution < -0.4 is 11.1 Å². The predicted molar refractivity (Wildman–Crippen MR) is 79.4 cm³/mol. The smallest absolute Gasteiger partial charge is 0.252 e. The Balaban J connectivity index is 0.00000144. The van der Waals surface area contributed by atoms with E-state index in [4.69, 9.17) is 5.73 Å². The minimum absolute atomic E-state index is 0. The summed E-state index contributed by atoms with van der Waals surface area (Å²) < 4.78 is 0.976. The van der Waals surface area contributed by atoms with Crippen LogP contribution in [0.25, 0.3) is 0 Å². The highest BCUT2D eigenvalue weighted by molar-refractivity contribution is 14.1. The molecule has 1 unspecified atom stereocenters. The predicted octanol–water partition coefficient (Wildman–Crippen LogP) is 2.18. The van der Waals surface area contributed by atoms with Gasteiger partial charge in [0.1, 0.15) is 0 Å². The lowest BCUT2D eigenvalue weighted by atomic mass is 10.1. The monoisotopic (exact) mass is 366 g/mol. The number of nitrogens with one attached hydrogen (secondary N) is 1. The number of carbonyl (C=O) groups is 1. The summed E-state index contributed by atoms with van der Waals surface area (Å²) in [4.78, 5) is 12.0. The minimum Gasteiger partial charge on any atom is -0.348 e. The number of benzene rings is 1. The minimum atomic E-state index is -0.00708. The highest BCUT2D eigenvalue weighted by Crippen LogP contribution is 2.32. The molecule has 1 aliphatic carbocycles. The van der Waals surface area contributed by atoms with Crippen LogP contribution in [0.1, 0.15) is 23.2 Å². The van der Waals surface area contributed by atoms with Gasteiger partial charge in [0.05, 0.1) is 5.56 Å². The average molecular weight is 367 g/mol. The quantitative estimate of drug-likeness (QED) is 0.803. The summed E-state index contributed by atoms with van der Waals surface area (Å²) in [5.41, 5.74) is 6.40. The second-order valence-corrected chi connectivity index (χ2v) is 5.30. The first-order chi connectivity index (χ1) is 7.72. The van der Waals surface area contributed by atoms with E-state index >= 15 is 0 Å². The third-order valence-electron chi connectivity index (χ3n) is 2.88. The molecule has 1 fully saturated rings. The van der Waals surface area contributed by atoms with Crippen LogP contribution in [0.5, 0.6) is 0 Å². The van der Waals surface area contributed by atoms with Gasteiger partial charge in [-0.3, -0.25) is 4.79 Å². The van der Waals surface area contributed by atoms with Gasteiger partial charge in [-0.2, -0.15) is 0 Å². The Morgan fingerprint density at radius 2 is 2.12 bits per heavy atom. The number of carbonyl (C=O) groups excluding carboxylic acids is 1. The highest BCUT2D eigenvalue weighted by Gasteiger charge is 2.31. The van der Waals surface area contributed by atoms with Gasteiger partial charge in [0.25, 0.3) is 5.91 Å². The number of rotatable bonds is 4. The molecule has 0 bridgehead atoms. The first-order valence-electron chi connectivity index (χ1n) is 5.48. The Hall–Kier alpha value is -0.330. The molecule has 3 nitrogen and oxygen atoms in total. The van der Waals surface area contributed by atoms with Gasteiger partial charge in [0.15, 0.2) is 0 Å². The standard InChI is InChI=1S/C12H15IN2O.ClH/c13-10-4-2-1-3-9(10)12(16)15-11(7-14)8-5-6-8;/h1-4,8,11H,5-7,14H2,(H,15,16);1H. The molecule has 3 N–H and O–H groups in total. The van der Waals surface area contributed by atoms with Crippen LogP contribution in [0.15, 0.2) is 24.3 Å². The summed E-state index contributed by atoms with van der Waals surface area (Å²) in [6.07, 6.45) is 2.38. The van der Waals surface area contributed by atoms with Crippen molar-refractivity contribution >= 4 is 40.9 Å². The summed E-state index contributed by atoms with van der Waals surface area (Å²) in [7, 11) is 0. The second-order valence-electron chi connectivity index (χ2n) is 4.13. The zero-order valence-electron chi connectivity index (χ0n) is 9.36. The van der Waals surface area contributed by atoms with Crippen LogP contribution in [-0.2, 0) is 0 Å². The first kappa shape index (κ1) is 14.7. The van der Waals surface area contributed by atoms with Crippen molar-refractivity contribution in [3.8, 4) is 0 Å². The maximum atomic E-state index is 12.0. The van der Waals surface area contributed by atoms with E-state index in [0.29, 0.717) is 12.5 Å². The first-order valence-corrected chi connectivity index (χ1v) is 6.55. The van der Waals surface area contributed by atoms with E-state index in [-0.39, 0.29) is 24.4 Å². The van der Waals surface area contributed by atoms with Gasteiger partial charge in [-0.05, 0) is 53.5 Å². The number of hydrogen-bond donors (Lipinski definition) is 2. The van der Waals surface area contributed by atoms with Crippen LogP contribution in [0.2, 0.25) is 0 Å². The van der Waals surface area contributed by atoms with Crippen molar-refractivity contribution in [3.63, 3.8) is 0 Å². The Morgan fingerprint density at radius 3 is 2.65 bits per heavy atom. The number of nitrogens with two attached hydrogens (primary N) is 1. The molecule has 17 heavy (non-hydrogen) atoms. The highest BCUT2D eigenvalue weighted by atomic mass is 127. The number of halogens is 2. The molecule has 0 aromatic heterocycles. The van der Waals surface area contributed by atoms with Crippen molar-refractivity contribution < 1.29 is 4.79 Å². The molecular weight excluding hydrogens is 351 g/mol. The van der Waals surface area contributed by atoms with Crippen LogP contribution in [-0.4, -0.2) is 18.5 Å². The molecule has 1 amide bonds.